The highest BCUT2D eigenvalue weighted by atomic mass is 16.5. The summed E-state index contributed by atoms with van der Waals surface area (Å²) in [4.78, 5) is 9.68. The topological polar surface area (TPSA) is 106 Å². The molecule has 0 bridgehead atoms. The number of hydrogen-bond acceptors (Lipinski definition) is 6. The normalized spacial score (nSPS) is 11.2. The number of phenolic OH excluding ortho intramolecular Hbond substituents is 2. The van der Waals surface area contributed by atoms with Gasteiger partial charge in [-0.1, -0.05) is 80.4 Å². The van der Waals surface area contributed by atoms with Crippen LogP contribution in [0.15, 0.2) is 36.4 Å². The second-order valence-electron chi connectivity index (χ2n) is 10.9. The van der Waals surface area contributed by atoms with Crippen molar-refractivity contribution in [1.29, 1.82) is 0 Å². The number of rotatable bonds is 13. The van der Waals surface area contributed by atoms with Crippen molar-refractivity contribution < 1.29 is 14.9 Å². The zero-order chi connectivity index (χ0) is 31.3. The van der Waals surface area contributed by atoms with Gasteiger partial charge in [0.15, 0.2) is 5.82 Å². The number of benzene rings is 2. The summed E-state index contributed by atoms with van der Waals surface area (Å²) in [6.07, 6.45) is 7.09. The third-order valence-corrected chi connectivity index (χ3v) is 7.44. The fraction of sp³-hybridized carbons (Fsp3) is 0.543. The molecular weight excluding hydrogens is 524 g/mol. The molecule has 0 saturated heterocycles. The Kier molecular flexibility index (Phi) is 14.1. The van der Waals surface area contributed by atoms with Crippen molar-refractivity contribution in [2.45, 2.75) is 112 Å². The Hall–Kier alpha value is -3.32. The molecule has 0 saturated carbocycles. The molecule has 4 N–H and O–H groups in total. The number of imidazole rings is 1. The Balaban J connectivity index is 0.00000148. The summed E-state index contributed by atoms with van der Waals surface area (Å²) in [5.74, 6) is 1.56. The van der Waals surface area contributed by atoms with Gasteiger partial charge in [0.1, 0.15) is 22.8 Å². The van der Waals surface area contributed by atoms with Crippen molar-refractivity contribution in [1.82, 2.24) is 14.5 Å². The number of phenols is 2. The molecule has 7 nitrogen and oxygen atoms in total. The van der Waals surface area contributed by atoms with Gasteiger partial charge in [-0.3, -0.25) is 0 Å². The van der Waals surface area contributed by atoms with Crippen molar-refractivity contribution in [2.75, 3.05) is 18.9 Å². The van der Waals surface area contributed by atoms with Crippen LogP contribution in [0.2, 0.25) is 0 Å². The van der Waals surface area contributed by atoms with E-state index in [1.54, 1.807) is 6.07 Å². The molecule has 0 fully saturated rings. The summed E-state index contributed by atoms with van der Waals surface area (Å²) < 4.78 is 7.90. The van der Waals surface area contributed by atoms with Gasteiger partial charge >= 0.3 is 0 Å². The molecule has 4 rings (SSSR count). The van der Waals surface area contributed by atoms with Crippen LogP contribution in [0.5, 0.6) is 11.5 Å². The minimum Gasteiger partial charge on any atom is -0.508 e. The molecule has 0 aliphatic heterocycles. The van der Waals surface area contributed by atoms with E-state index in [0.29, 0.717) is 23.4 Å². The number of nitrogens with zero attached hydrogens (tertiary/aromatic N) is 3. The Bertz CT molecular complexity index is 1390. The van der Waals surface area contributed by atoms with Crippen LogP contribution in [-0.2, 0) is 23.1 Å². The molecule has 0 aliphatic rings. The summed E-state index contributed by atoms with van der Waals surface area (Å²) in [6.45, 7) is 18.8. The molecule has 7 heteroatoms. The average molecular weight is 579 g/mol. The summed E-state index contributed by atoms with van der Waals surface area (Å²) in [6, 6.07) is 11.1. The molecule has 232 valence electrons. The van der Waals surface area contributed by atoms with Crippen LogP contribution < -0.4 is 5.73 Å². The van der Waals surface area contributed by atoms with Crippen molar-refractivity contribution >= 4 is 27.8 Å². The standard InChI is InChI=1S/C31H42N4O3.2C2H6/c1-5-7-10-27-34-28-29(35(27)20-21-18-23(36)12-14-26(21)37)24-13-11-22(19-25(24)33-30(28)32)31(3,4)15-9-17-38-16-8-6-2;2*1-2/h11-14,18-19,36-37H,5-10,15-17,20H2,1-4H3,(H2,32,33);2*1-2H3. The number of ether oxygens (including phenoxy) is 1. The number of nitrogens with two attached hydrogens (primary N) is 1. The van der Waals surface area contributed by atoms with Crippen LogP contribution in [0, 0.1) is 0 Å². The van der Waals surface area contributed by atoms with Crippen LogP contribution >= 0.6 is 0 Å². The van der Waals surface area contributed by atoms with Crippen LogP contribution in [-0.4, -0.2) is 38.0 Å². The maximum Gasteiger partial charge on any atom is 0.152 e. The minimum atomic E-state index is -0.0341. The van der Waals surface area contributed by atoms with E-state index in [9.17, 15) is 10.2 Å². The number of hydrogen-bond donors (Lipinski definition) is 3. The van der Waals surface area contributed by atoms with E-state index in [4.69, 9.17) is 20.4 Å². The van der Waals surface area contributed by atoms with Crippen LogP contribution in [0.3, 0.4) is 0 Å². The lowest BCUT2D eigenvalue weighted by Gasteiger charge is -2.26. The second kappa shape index (κ2) is 17.0. The number of aromatic nitrogens is 3. The predicted molar refractivity (Wildman–Crippen MR) is 178 cm³/mol. The lowest BCUT2D eigenvalue weighted by atomic mass is 9.80. The lowest BCUT2D eigenvalue weighted by Crippen LogP contribution is -2.18. The maximum atomic E-state index is 10.5. The molecule has 0 atom stereocenters. The van der Waals surface area contributed by atoms with Gasteiger partial charge < -0.3 is 25.3 Å². The Morgan fingerprint density at radius 1 is 0.881 bits per heavy atom. The number of nitrogen functional groups attached to an aromatic ring is 1. The first-order valence-corrected chi connectivity index (χ1v) is 15.9. The van der Waals surface area contributed by atoms with Crippen LogP contribution in [0.25, 0.3) is 21.9 Å². The molecular formula is C35H54N4O3. The van der Waals surface area contributed by atoms with Crippen molar-refractivity contribution in [3.8, 4) is 11.5 Å². The van der Waals surface area contributed by atoms with Crippen LogP contribution in [0.1, 0.15) is 111 Å². The fourth-order valence-corrected chi connectivity index (χ4v) is 5.05. The van der Waals surface area contributed by atoms with Crippen LogP contribution in [0.4, 0.5) is 5.82 Å². The summed E-state index contributed by atoms with van der Waals surface area (Å²) in [5.41, 5.74) is 10.7. The number of unbranched alkanes of at least 4 members (excludes halogenated alkanes) is 2. The van der Waals surface area contributed by atoms with E-state index >= 15 is 0 Å². The van der Waals surface area contributed by atoms with E-state index in [2.05, 4.69) is 50.5 Å². The third-order valence-electron chi connectivity index (χ3n) is 7.44. The smallest absolute Gasteiger partial charge is 0.152 e. The molecule has 0 spiro atoms. The number of pyridine rings is 1. The summed E-state index contributed by atoms with van der Waals surface area (Å²) >= 11 is 0. The number of fused-ring (bicyclic) bond motifs is 3. The molecule has 0 unspecified atom stereocenters. The van der Waals surface area contributed by atoms with E-state index < -0.39 is 0 Å². The zero-order valence-electron chi connectivity index (χ0n) is 27.3. The molecule has 0 amide bonds. The Labute approximate surface area is 253 Å². The molecule has 2 aromatic heterocycles. The maximum absolute atomic E-state index is 10.5. The Morgan fingerprint density at radius 3 is 2.26 bits per heavy atom. The van der Waals surface area contributed by atoms with E-state index in [-0.39, 0.29) is 16.9 Å². The first kappa shape index (κ1) is 34.9. The summed E-state index contributed by atoms with van der Waals surface area (Å²) in [5, 5.41) is 21.5. The number of aromatic hydroxyl groups is 2. The van der Waals surface area contributed by atoms with Crippen molar-refractivity contribution in [3.63, 3.8) is 0 Å². The SMILES string of the molecule is CC.CC.CCCCOCCCC(C)(C)c1ccc2c(c1)nc(N)c1nc(CCCC)n(Cc3cc(O)ccc3O)c12. The van der Waals surface area contributed by atoms with Gasteiger partial charge in [0.2, 0.25) is 0 Å². The number of aryl methyl sites for hydroxylation is 1. The van der Waals surface area contributed by atoms with E-state index in [1.807, 2.05) is 27.7 Å². The largest absolute Gasteiger partial charge is 0.508 e. The van der Waals surface area contributed by atoms with E-state index in [0.717, 1.165) is 80.4 Å². The average Bonchev–Trinajstić information content (AvgIpc) is 3.36. The van der Waals surface area contributed by atoms with Crippen molar-refractivity contribution in [2.24, 2.45) is 0 Å². The fourth-order valence-electron chi connectivity index (χ4n) is 5.05. The first-order chi connectivity index (χ1) is 20.2. The van der Waals surface area contributed by atoms with Gasteiger partial charge in [-0.25, -0.2) is 9.97 Å². The van der Waals surface area contributed by atoms with Crippen molar-refractivity contribution in [3.05, 3.63) is 53.3 Å². The number of anilines is 1. The van der Waals surface area contributed by atoms with Gasteiger partial charge in [0.05, 0.1) is 17.6 Å². The molecule has 42 heavy (non-hydrogen) atoms. The van der Waals surface area contributed by atoms with Gasteiger partial charge in [0.25, 0.3) is 0 Å². The lowest BCUT2D eigenvalue weighted by molar-refractivity contribution is 0.123. The first-order valence-electron chi connectivity index (χ1n) is 15.9. The molecule has 0 radical (unpaired) electrons. The minimum absolute atomic E-state index is 0.0341. The van der Waals surface area contributed by atoms with Gasteiger partial charge in [-0.05, 0) is 60.9 Å². The monoisotopic (exact) mass is 578 g/mol. The Morgan fingerprint density at radius 2 is 1.57 bits per heavy atom. The van der Waals surface area contributed by atoms with E-state index in [1.165, 1.54) is 17.7 Å². The molecule has 0 aliphatic carbocycles. The zero-order valence-corrected chi connectivity index (χ0v) is 27.3. The molecule has 4 aromatic rings. The summed E-state index contributed by atoms with van der Waals surface area (Å²) in [7, 11) is 0. The highest BCUT2D eigenvalue weighted by molar-refractivity contribution is 6.06. The van der Waals surface area contributed by atoms with Gasteiger partial charge in [0, 0.05) is 30.6 Å². The molecule has 2 aromatic carbocycles. The highest BCUT2D eigenvalue weighted by Crippen LogP contribution is 2.35. The quantitative estimate of drug-likeness (QED) is 0.108. The van der Waals surface area contributed by atoms with Gasteiger partial charge in [-0.15, -0.1) is 0 Å². The predicted octanol–water partition coefficient (Wildman–Crippen LogP) is 8.90. The molecule has 2 heterocycles. The van der Waals surface area contributed by atoms with Gasteiger partial charge in [-0.2, -0.15) is 0 Å². The second-order valence-corrected chi connectivity index (χ2v) is 10.9. The highest BCUT2D eigenvalue weighted by Gasteiger charge is 2.23. The third kappa shape index (κ3) is 8.60.